The lowest BCUT2D eigenvalue weighted by Crippen LogP contribution is -2.15. The van der Waals surface area contributed by atoms with Gasteiger partial charge in [-0.1, -0.05) is 6.58 Å². The fraction of sp³-hybridized carbons (Fsp3) is 0.273. The Morgan fingerprint density at radius 2 is 2.07 bits per heavy atom. The van der Waals surface area contributed by atoms with Crippen molar-refractivity contribution >= 4 is 22.8 Å². The van der Waals surface area contributed by atoms with Crippen molar-refractivity contribution in [2.75, 3.05) is 13.2 Å². The van der Waals surface area contributed by atoms with E-state index in [2.05, 4.69) is 17.7 Å². The van der Waals surface area contributed by atoms with Crippen LogP contribution in [0.5, 0.6) is 0 Å². The Morgan fingerprint density at radius 1 is 1.30 bits per heavy atom. The second-order valence-electron chi connectivity index (χ2n) is 6.89. The average molecular weight is 406 g/mol. The lowest BCUT2D eigenvalue weighted by Gasteiger charge is -2.15. The highest BCUT2D eigenvalue weighted by Gasteiger charge is 2.17. The fourth-order valence-electron chi connectivity index (χ4n) is 3.02. The Labute approximate surface area is 173 Å². The van der Waals surface area contributed by atoms with E-state index in [4.69, 9.17) is 9.47 Å². The number of rotatable bonds is 7. The molecule has 3 aromatic rings. The van der Waals surface area contributed by atoms with Crippen LogP contribution in [-0.2, 0) is 14.3 Å². The Bertz CT molecular complexity index is 1170. The minimum absolute atomic E-state index is 0.157. The number of hydrogen-bond donors (Lipinski definition) is 0. The summed E-state index contributed by atoms with van der Waals surface area (Å²) in [5.41, 5.74) is 2.70. The van der Waals surface area contributed by atoms with E-state index in [0.29, 0.717) is 22.4 Å². The van der Waals surface area contributed by atoms with Crippen molar-refractivity contribution in [3.8, 4) is 11.8 Å². The average Bonchev–Trinajstić information content (AvgIpc) is 3.36. The number of carbonyl (C=O) groups is 2. The predicted octanol–water partition coefficient (Wildman–Crippen LogP) is 3.56. The maximum atomic E-state index is 11.9. The molecule has 0 aliphatic heterocycles. The third-order valence-electron chi connectivity index (χ3n) is 4.57. The topological polar surface area (TPSA) is 99.1 Å². The number of benzene rings is 1. The van der Waals surface area contributed by atoms with Crippen LogP contribution < -0.4 is 0 Å². The van der Waals surface area contributed by atoms with Crippen LogP contribution in [0.3, 0.4) is 0 Å². The van der Waals surface area contributed by atoms with Crippen molar-refractivity contribution in [1.82, 2.24) is 14.3 Å². The van der Waals surface area contributed by atoms with Gasteiger partial charge in [0.05, 0.1) is 35.7 Å². The normalized spacial score (nSPS) is 11.7. The number of ether oxygens (including phenoxy) is 2. The zero-order chi connectivity index (χ0) is 21.8. The van der Waals surface area contributed by atoms with Gasteiger partial charge in [-0.3, -0.25) is 0 Å². The van der Waals surface area contributed by atoms with Gasteiger partial charge in [0.15, 0.2) is 0 Å². The van der Waals surface area contributed by atoms with Crippen LogP contribution in [0.25, 0.3) is 16.6 Å². The zero-order valence-electron chi connectivity index (χ0n) is 17.1. The largest absolute Gasteiger partial charge is 0.462 e. The van der Waals surface area contributed by atoms with Crippen LogP contribution in [0, 0.1) is 11.3 Å². The van der Waals surface area contributed by atoms with Crippen LogP contribution in [0.1, 0.15) is 42.7 Å². The summed E-state index contributed by atoms with van der Waals surface area (Å²) in [6, 6.07) is 7.57. The lowest BCUT2D eigenvalue weighted by molar-refractivity contribution is -0.139. The summed E-state index contributed by atoms with van der Waals surface area (Å²) < 4.78 is 13.7. The van der Waals surface area contributed by atoms with Crippen molar-refractivity contribution in [1.29, 1.82) is 5.26 Å². The van der Waals surface area contributed by atoms with Gasteiger partial charge in [0, 0.05) is 28.9 Å². The van der Waals surface area contributed by atoms with Gasteiger partial charge in [0.25, 0.3) is 0 Å². The number of nitriles is 1. The molecular weight excluding hydrogens is 384 g/mol. The van der Waals surface area contributed by atoms with E-state index < -0.39 is 11.9 Å². The number of fused-ring (bicyclic) bond motifs is 1. The first-order valence-electron chi connectivity index (χ1n) is 9.45. The fourth-order valence-corrected chi connectivity index (χ4v) is 3.02. The number of nitrogens with zero attached hydrogens (tertiary/aromatic N) is 4. The molecule has 0 amide bonds. The molecule has 0 spiro atoms. The van der Waals surface area contributed by atoms with Gasteiger partial charge in [0.2, 0.25) is 0 Å². The second kappa shape index (κ2) is 8.66. The molecule has 3 rings (SSSR count). The zero-order valence-corrected chi connectivity index (χ0v) is 17.1. The molecule has 0 radical (unpaired) electrons. The highest BCUT2D eigenvalue weighted by molar-refractivity contribution is 5.90. The monoisotopic (exact) mass is 406 g/mol. The van der Waals surface area contributed by atoms with Crippen LogP contribution >= 0.6 is 0 Å². The van der Waals surface area contributed by atoms with Gasteiger partial charge in [-0.05, 0) is 39.0 Å². The maximum absolute atomic E-state index is 11.9. The van der Waals surface area contributed by atoms with Crippen LogP contribution in [-0.4, -0.2) is 39.5 Å². The minimum Gasteiger partial charge on any atom is -0.462 e. The molecule has 1 aromatic carbocycles. The molecule has 0 saturated carbocycles. The first-order chi connectivity index (χ1) is 14.3. The molecule has 0 N–H and O–H groups in total. The van der Waals surface area contributed by atoms with E-state index in [1.807, 2.05) is 29.7 Å². The van der Waals surface area contributed by atoms with Gasteiger partial charge in [-0.15, -0.1) is 0 Å². The van der Waals surface area contributed by atoms with Gasteiger partial charge < -0.3 is 14.0 Å². The van der Waals surface area contributed by atoms with Crippen molar-refractivity contribution in [3.05, 3.63) is 60.1 Å². The molecule has 2 heterocycles. The molecule has 1 atom stereocenters. The van der Waals surface area contributed by atoms with Gasteiger partial charge in [0.1, 0.15) is 12.7 Å². The van der Waals surface area contributed by atoms with Crippen molar-refractivity contribution in [3.63, 3.8) is 0 Å². The van der Waals surface area contributed by atoms with Crippen LogP contribution in [0.4, 0.5) is 0 Å². The number of hydrogen-bond acceptors (Lipinski definition) is 6. The molecular formula is C22H22N4O4. The van der Waals surface area contributed by atoms with E-state index in [1.165, 1.54) is 6.20 Å². The van der Waals surface area contributed by atoms with E-state index in [0.717, 1.165) is 10.9 Å². The quantitative estimate of drug-likeness (QED) is 0.439. The molecule has 8 heteroatoms. The van der Waals surface area contributed by atoms with Gasteiger partial charge in [-0.2, -0.15) is 10.4 Å². The minimum atomic E-state index is -0.447. The predicted molar refractivity (Wildman–Crippen MR) is 110 cm³/mol. The van der Waals surface area contributed by atoms with E-state index in [9.17, 15) is 14.9 Å². The summed E-state index contributed by atoms with van der Waals surface area (Å²) in [6.45, 7) is 9.25. The molecule has 0 fully saturated rings. The SMILES string of the molecule is C=C(C)C(=O)OCC(C)n1cc(C#N)c2cc(-n3cc(C(=O)OCC)cn3)ccc21. The Morgan fingerprint density at radius 3 is 2.73 bits per heavy atom. The first-order valence-corrected chi connectivity index (χ1v) is 9.45. The maximum Gasteiger partial charge on any atom is 0.341 e. The summed E-state index contributed by atoms with van der Waals surface area (Å²) in [5, 5.41) is 14.5. The van der Waals surface area contributed by atoms with Crippen LogP contribution in [0.2, 0.25) is 0 Å². The third kappa shape index (κ3) is 4.10. The van der Waals surface area contributed by atoms with Gasteiger partial charge in [-0.25, -0.2) is 14.3 Å². The Kier molecular flexibility index (Phi) is 6.02. The lowest BCUT2D eigenvalue weighted by atomic mass is 10.1. The highest BCUT2D eigenvalue weighted by Crippen LogP contribution is 2.27. The number of aromatic nitrogens is 3. The highest BCUT2D eigenvalue weighted by atomic mass is 16.5. The summed E-state index contributed by atoms with van der Waals surface area (Å²) in [5.74, 6) is -0.885. The smallest absolute Gasteiger partial charge is 0.341 e. The molecule has 8 nitrogen and oxygen atoms in total. The van der Waals surface area contributed by atoms with E-state index in [-0.39, 0.29) is 19.3 Å². The molecule has 2 aromatic heterocycles. The Balaban J connectivity index is 1.92. The molecule has 154 valence electrons. The van der Waals surface area contributed by atoms with Crippen molar-refractivity contribution in [2.24, 2.45) is 0 Å². The molecule has 0 saturated heterocycles. The summed E-state index contributed by atoms with van der Waals surface area (Å²) in [6.07, 6.45) is 4.76. The molecule has 0 aliphatic rings. The summed E-state index contributed by atoms with van der Waals surface area (Å²) >= 11 is 0. The molecule has 0 bridgehead atoms. The van der Waals surface area contributed by atoms with Crippen molar-refractivity contribution < 1.29 is 19.1 Å². The van der Waals surface area contributed by atoms with E-state index in [1.54, 1.807) is 30.9 Å². The molecule has 30 heavy (non-hydrogen) atoms. The summed E-state index contributed by atoms with van der Waals surface area (Å²) in [7, 11) is 0. The number of carbonyl (C=O) groups excluding carboxylic acids is 2. The third-order valence-corrected chi connectivity index (χ3v) is 4.57. The Hall–Kier alpha value is -3.86. The van der Waals surface area contributed by atoms with Gasteiger partial charge >= 0.3 is 11.9 Å². The van der Waals surface area contributed by atoms with E-state index >= 15 is 0 Å². The molecule has 1 unspecified atom stereocenters. The number of esters is 2. The van der Waals surface area contributed by atoms with Crippen LogP contribution in [0.15, 0.2) is 48.9 Å². The summed E-state index contributed by atoms with van der Waals surface area (Å²) in [4.78, 5) is 23.5. The molecule has 0 aliphatic carbocycles. The van der Waals surface area contributed by atoms with Crippen molar-refractivity contribution in [2.45, 2.75) is 26.8 Å². The second-order valence-corrected chi connectivity index (χ2v) is 6.89. The first kappa shape index (κ1) is 20.9. The standard InChI is InChI=1S/C22H22N4O4/c1-5-29-22(28)17-10-24-26(12-17)18-6-7-20-19(8-18)16(9-23)11-25(20)15(4)13-30-21(27)14(2)3/h6-8,10-12,15H,2,5,13H2,1,3-4H3.